The summed E-state index contributed by atoms with van der Waals surface area (Å²) in [4.78, 5) is 7.69. The Balaban J connectivity index is 0.00000121. The molecule has 5 rings (SSSR count). The first-order chi connectivity index (χ1) is 9.31. The highest BCUT2D eigenvalue weighted by molar-refractivity contribution is 5.48. The van der Waals surface area contributed by atoms with Crippen LogP contribution >= 0.6 is 0 Å². The molecule has 0 saturated carbocycles. The van der Waals surface area contributed by atoms with Crippen LogP contribution in [0.25, 0.3) is 6.08 Å². The van der Waals surface area contributed by atoms with E-state index in [2.05, 4.69) is 57.2 Å². The van der Waals surface area contributed by atoms with Gasteiger partial charge in [-0.2, -0.15) is 0 Å². The minimum Gasteiger partial charge on any atom is -1.00 e. The zero-order valence-corrected chi connectivity index (χ0v) is 12.4. The topological polar surface area (TPSA) is 9.72 Å². The molecular weight excluding hydrogens is 272 g/mol. The van der Waals surface area contributed by atoms with Crippen molar-refractivity contribution in [2.45, 2.75) is 0 Å². The molecule has 4 aliphatic rings. The molecule has 0 spiro atoms. The largest absolute Gasteiger partial charge is 1.00 e. The zero-order chi connectivity index (χ0) is 12.7. The fraction of sp³-hybridized carbons (Fsp3) is 0.467. The first kappa shape index (κ1) is 14.0. The van der Waals surface area contributed by atoms with Crippen LogP contribution in [0.4, 0.5) is 0 Å². The molecular formula is C15H21ClN4. The summed E-state index contributed by atoms with van der Waals surface area (Å²) in [5.41, 5.74) is 1.30. The monoisotopic (exact) mass is 292 g/mol. The lowest BCUT2D eigenvalue weighted by Gasteiger charge is -2.60. The Hall–Kier alpha value is -0.910. The van der Waals surface area contributed by atoms with E-state index in [1.54, 1.807) is 0 Å². The standard InChI is InChI=1S/C15H21N4.ClH/c1-2-5-15(6-3-1)7-4-8-19-12-16-9-17(13-19)11-18(10-16)14-19;/h1-7H,8-14H2;1H/q+1;/p-1/b7-4+;. The molecule has 5 heteroatoms. The van der Waals surface area contributed by atoms with E-state index in [0.29, 0.717) is 0 Å². The maximum absolute atomic E-state index is 2.56. The third-order valence-electron chi connectivity index (χ3n) is 4.30. The second kappa shape index (κ2) is 5.47. The van der Waals surface area contributed by atoms with E-state index >= 15 is 0 Å². The average Bonchev–Trinajstić information content (AvgIpc) is 2.38. The van der Waals surface area contributed by atoms with E-state index in [-0.39, 0.29) is 12.4 Å². The van der Waals surface area contributed by atoms with Crippen LogP contribution in [0.15, 0.2) is 36.4 Å². The predicted molar refractivity (Wildman–Crippen MR) is 75.3 cm³/mol. The van der Waals surface area contributed by atoms with E-state index in [0.717, 1.165) is 6.54 Å². The Labute approximate surface area is 126 Å². The molecule has 20 heavy (non-hydrogen) atoms. The molecule has 4 fully saturated rings. The molecule has 0 N–H and O–H groups in total. The molecule has 1 aromatic carbocycles. The summed E-state index contributed by atoms with van der Waals surface area (Å²) in [6.07, 6.45) is 4.61. The van der Waals surface area contributed by atoms with Gasteiger partial charge in [0.1, 0.15) is 26.6 Å². The van der Waals surface area contributed by atoms with Crippen LogP contribution in [0.3, 0.4) is 0 Å². The van der Waals surface area contributed by atoms with E-state index < -0.39 is 0 Å². The normalized spacial score (nSPS) is 38.1. The van der Waals surface area contributed by atoms with Crippen LogP contribution in [0.2, 0.25) is 0 Å². The lowest BCUT2D eigenvalue weighted by Crippen LogP contribution is -3.00. The molecule has 0 atom stereocenters. The molecule has 0 radical (unpaired) electrons. The van der Waals surface area contributed by atoms with Gasteiger partial charge in [-0.25, -0.2) is 14.7 Å². The zero-order valence-electron chi connectivity index (χ0n) is 11.7. The summed E-state index contributed by atoms with van der Waals surface area (Å²) in [5.74, 6) is 0. The van der Waals surface area contributed by atoms with Gasteiger partial charge in [-0.05, 0) is 11.6 Å². The second-order valence-electron chi connectivity index (χ2n) is 6.20. The van der Waals surface area contributed by atoms with Crippen molar-refractivity contribution in [2.24, 2.45) is 0 Å². The summed E-state index contributed by atoms with van der Waals surface area (Å²) < 4.78 is 1.18. The van der Waals surface area contributed by atoms with E-state index in [1.807, 2.05) is 0 Å². The van der Waals surface area contributed by atoms with Gasteiger partial charge in [0, 0.05) is 0 Å². The number of hydrogen-bond acceptors (Lipinski definition) is 3. The lowest BCUT2D eigenvalue weighted by molar-refractivity contribution is -0.975. The first-order valence-electron chi connectivity index (χ1n) is 7.05. The van der Waals surface area contributed by atoms with Crippen LogP contribution in [0.1, 0.15) is 5.56 Å². The fourth-order valence-corrected chi connectivity index (χ4v) is 3.81. The van der Waals surface area contributed by atoms with Gasteiger partial charge in [0.15, 0.2) is 0 Å². The Morgan fingerprint density at radius 2 is 1.45 bits per heavy atom. The highest BCUT2D eigenvalue weighted by Gasteiger charge is 2.47. The molecule has 4 nitrogen and oxygen atoms in total. The van der Waals surface area contributed by atoms with Crippen molar-refractivity contribution in [1.29, 1.82) is 0 Å². The Morgan fingerprint density at radius 3 is 2.00 bits per heavy atom. The van der Waals surface area contributed by atoms with Crippen molar-refractivity contribution in [3.05, 3.63) is 42.0 Å². The Morgan fingerprint density at radius 1 is 0.900 bits per heavy atom. The SMILES string of the molecule is C(=C\c1ccccc1)/C[N+]12CN3CN(CN(C3)C1)C2.[Cl-]. The molecule has 4 heterocycles. The van der Waals surface area contributed by atoms with Crippen LogP contribution in [0, 0.1) is 0 Å². The van der Waals surface area contributed by atoms with E-state index in [4.69, 9.17) is 0 Å². The van der Waals surface area contributed by atoms with Crippen molar-refractivity contribution in [3.8, 4) is 0 Å². The molecule has 4 aliphatic heterocycles. The molecule has 108 valence electrons. The summed E-state index contributed by atoms with van der Waals surface area (Å²) in [7, 11) is 0. The number of nitrogens with zero attached hydrogens (tertiary/aromatic N) is 4. The predicted octanol–water partition coefficient (Wildman–Crippen LogP) is -1.79. The molecule has 0 amide bonds. The molecule has 0 unspecified atom stereocenters. The summed E-state index contributed by atoms with van der Waals surface area (Å²) in [5, 5.41) is 0. The number of hydrogen-bond donors (Lipinski definition) is 0. The third kappa shape index (κ3) is 2.62. The van der Waals surface area contributed by atoms with Gasteiger partial charge in [-0.15, -0.1) is 0 Å². The Bertz CT molecular complexity index is 453. The smallest absolute Gasteiger partial charge is 0.139 e. The number of benzene rings is 1. The maximum atomic E-state index is 2.56. The van der Waals surface area contributed by atoms with Crippen molar-refractivity contribution >= 4 is 6.08 Å². The van der Waals surface area contributed by atoms with Gasteiger partial charge >= 0.3 is 0 Å². The Kier molecular flexibility index (Phi) is 3.84. The van der Waals surface area contributed by atoms with Gasteiger partial charge in [-0.1, -0.05) is 36.4 Å². The van der Waals surface area contributed by atoms with Crippen LogP contribution in [0.5, 0.6) is 0 Å². The minimum atomic E-state index is 0. The van der Waals surface area contributed by atoms with Crippen molar-refractivity contribution in [2.75, 3.05) is 46.6 Å². The van der Waals surface area contributed by atoms with Gasteiger partial charge in [0.25, 0.3) is 0 Å². The molecule has 0 aromatic heterocycles. The summed E-state index contributed by atoms with van der Waals surface area (Å²) in [6.45, 7) is 8.28. The van der Waals surface area contributed by atoms with Crippen molar-refractivity contribution < 1.29 is 16.9 Å². The van der Waals surface area contributed by atoms with Gasteiger partial charge in [0.2, 0.25) is 0 Å². The average molecular weight is 293 g/mol. The van der Waals surface area contributed by atoms with E-state index in [9.17, 15) is 0 Å². The van der Waals surface area contributed by atoms with E-state index in [1.165, 1.54) is 50.1 Å². The summed E-state index contributed by atoms with van der Waals surface area (Å²) >= 11 is 0. The molecule has 4 bridgehead atoms. The number of halogens is 1. The third-order valence-corrected chi connectivity index (χ3v) is 4.30. The number of rotatable bonds is 3. The van der Waals surface area contributed by atoms with Crippen molar-refractivity contribution in [1.82, 2.24) is 14.7 Å². The first-order valence-corrected chi connectivity index (χ1v) is 7.05. The van der Waals surface area contributed by atoms with Crippen molar-refractivity contribution in [3.63, 3.8) is 0 Å². The molecule has 4 saturated heterocycles. The molecule has 1 aromatic rings. The molecule has 0 aliphatic carbocycles. The maximum Gasteiger partial charge on any atom is 0.139 e. The summed E-state index contributed by atoms with van der Waals surface area (Å²) in [6, 6.07) is 10.6. The fourth-order valence-electron chi connectivity index (χ4n) is 3.81. The highest BCUT2D eigenvalue weighted by Crippen LogP contribution is 2.28. The quantitative estimate of drug-likeness (QED) is 0.610. The van der Waals surface area contributed by atoms with Crippen LogP contribution in [-0.2, 0) is 0 Å². The lowest BCUT2D eigenvalue weighted by atomic mass is 10.2. The van der Waals surface area contributed by atoms with Gasteiger partial charge < -0.3 is 12.4 Å². The van der Waals surface area contributed by atoms with Crippen LogP contribution in [-0.4, -0.2) is 65.7 Å². The highest BCUT2D eigenvalue weighted by atomic mass is 35.5. The second-order valence-corrected chi connectivity index (χ2v) is 6.20. The van der Waals surface area contributed by atoms with Gasteiger partial charge in [0.05, 0.1) is 20.0 Å². The van der Waals surface area contributed by atoms with Crippen LogP contribution < -0.4 is 12.4 Å². The van der Waals surface area contributed by atoms with Gasteiger partial charge in [-0.3, -0.25) is 4.48 Å². The minimum absolute atomic E-state index is 0. The number of quaternary nitrogens is 1.